The van der Waals surface area contributed by atoms with Gasteiger partial charge in [0.15, 0.2) is 11.5 Å². The van der Waals surface area contributed by atoms with Gasteiger partial charge < -0.3 is 24.2 Å². The summed E-state index contributed by atoms with van der Waals surface area (Å²) in [7, 11) is 3.10. The third-order valence-electron chi connectivity index (χ3n) is 4.86. The maximum atomic E-state index is 12.8. The van der Waals surface area contributed by atoms with Crippen LogP contribution >= 0.6 is 0 Å². The number of carbonyl (C=O) groups is 2. The number of benzene rings is 1. The molecule has 25 heavy (non-hydrogen) atoms. The molecule has 0 radical (unpaired) electrons. The van der Waals surface area contributed by atoms with Crippen molar-refractivity contribution in [2.24, 2.45) is 0 Å². The summed E-state index contributed by atoms with van der Waals surface area (Å²) < 4.78 is 16.2. The second-order valence-corrected chi connectivity index (χ2v) is 6.30. The lowest BCUT2D eigenvalue weighted by atomic mass is 9.89. The topological polar surface area (TPSA) is 85.3 Å². The Morgan fingerprint density at radius 1 is 1.28 bits per heavy atom. The summed E-state index contributed by atoms with van der Waals surface area (Å²) in [4.78, 5) is 25.9. The Morgan fingerprint density at radius 3 is 2.60 bits per heavy atom. The molecule has 0 spiro atoms. The van der Waals surface area contributed by atoms with Crippen LogP contribution in [0.2, 0.25) is 0 Å². The molecule has 0 saturated carbocycles. The molecule has 1 aromatic carbocycles. The number of amides is 1. The molecule has 7 nitrogen and oxygen atoms in total. The van der Waals surface area contributed by atoms with E-state index in [2.05, 4.69) is 0 Å². The Kier molecular flexibility index (Phi) is 5.13. The zero-order chi connectivity index (χ0) is 18.0. The van der Waals surface area contributed by atoms with Crippen LogP contribution in [0, 0.1) is 0 Å². The van der Waals surface area contributed by atoms with Gasteiger partial charge in [-0.2, -0.15) is 0 Å². The van der Waals surface area contributed by atoms with Gasteiger partial charge in [-0.15, -0.1) is 0 Å². The minimum absolute atomic E-state index is 0.121. The third-order valence-corrected chi connectivity index (χ3v) is 4.86. The molecule has 1 N–H and O–H groups in total. The summed E-state index contributed by atoms with van der Waals surface area (Å²) in [6.45, 7) is 1.05. The first-order valence-electron chi connectivity index (χ1n) is 8.43. The highest BCUT2D eigenvalue weighted by Gasteiger charge is 2.37. The van der Waals surface area contributed by atoms with Crippen LogP contribution in [0.25, 0.3) is 0 Å². The van der Waals surface area contributed by atoms with Gasteiger partial charge in [0, 0.05) is 13.2 Å². The van der Waals surface area contributed by atoms with Gasteiger partial charge in [-0.1, -0.05) is 0 Å². The molecule has 2 aliphatic rings. The molecule has 1 amide bonds. The molecule has 0 bridgehead atoms. The van der Waals surface area contributed by atoms with Gasteiger partial charge >= 0.3 is 5.97 Å². The molecule has 3 rings (SSSR count). The zero-order valence-corrected chi connectivity index (χ0v) is 14.5. The number of carboxylic acid groups (broad SMARTS) is 1. The summed E-state index contributed by atoms with van der Waals surface area (Å²) in [5.74, 6) is 0.0687. The standard InChI is InChI=1S/C18H23NO6/c1-23-15-8-11-5-6-19(18(22)14-4-3-7-25-14)13(10-17(20)21)12(11)9-16(15)24-2/h8-9,13-14H,3-7,10H2,1-2H3,(H,20,21)/t13?,14-/m0/s1. The predicted octanol–water partition coefficient (Wildman–Crippen LogP) is 1.78. The van der Waals surface area contributed by atoms with Gasteiger partial charge in [0.1, 0.15) is 6.10 Å². The van der Waals surface area contributed by atoms with E-state index in [4.69, 9.17) is 14.2 Å². The van der Waals surface area contributed by atoms with E-state index in [1.165, 1.54) is 7.11 Å². The fourth-order valence-corrected chi connectivity index (χ4v) is 3.63. The van der Waals surface area contributed by atoms with Crippen LogP contribution in [0.3, 0.4) is 0 Å². The van der Waals surface area contributed by atoms with E-state index >= 15 is 0 Å². The minimum Gasteiger partial charge on any atom is -0.493 e. The van der Waals surface area contributed by atoms with Gasteiger partial charge in [0.2, 0.25) is 0 Å². The lowest BCUT2D eigenvalue weighted by molar-refractivity contribution is -0.147. The van der Waals surface area contributed by atoms with Crippen molar-refractivity contribution < 1.29 is 28.9 Å². The van der Waals surface area contributed by atoms with E-state index in [9.17, 15) is 14.7 Å². The highest BCUT2D eigenvalue weighted by atomic mass is 16.5. The Hall–Kier alpha value is -2.28. The van der Waals surface area contributed by atoms with Crippen molar-refractivity contribution in [2.45, 2.75) is 37.8 Å². The van der Waals surface area contributed by atoms with Crippen molar-refractivity contribution in [3.63, 3.8) is 0 Å². The summed E-state index contributed by atoms with van der Waals surface area (Å²) in [6.07, 6.45) is 1.58. The first-order chi connectivity index (χ1) is 12.0. The molecule has 1 fully saturated rings. The number of rotatable bonds is 5. The van der Waals surface area contributed by atoms with Gasteiger partial charge in [0.05, 0.1) is 26.7 Å². The maximum Gasteiger partial charge on any atom is 0.305 e. The van der Waals surface area contributed by atoms with Crippen LogP contribution in [0.4, 0.5) is 0 Å². The second kappa shape index (κ2) is 7.31. The molecular weight excluding hydrogens is 326 g/mol. The lowest BCUT2D eigenvalue weighted by Crippen LogP contribution is -2.45. The predicted molar refractivity (Wildman–Crippen MR) is 88.9 cm³/mol. The third kappa shape index (κ3) is 3.42. The van der Waals surface area contributed by atoms with E-state index in [1.54, 1.807) is 18.1 Å². The number of ether oxygens (including phenoxy) is 3. The molecular formula is C18H23NO6. The largest absolute Gasteiger partial charge is 0.493 e. The van der Waals surface area contributed by atoms with Gasteiger partial charge in [-0.25, -0.2) is 0 Å². The fraction of sp³-hybridized carbons (Fsp3) is 0.556. The number of methoxy groups -OCH3 is 2. The first-order valence-corrected chi connectivity index (χ1v) is 8.43. The van der Waals surface area contributed by atoms with Gasteiger partial charge in [-0.3, -0.25) is 9.59 Å². The molecule has 0 aliphatic carbocycles. The van der Waals surface area contributed by atoms with Crippen LogP contribution < -0.4 is 9.47 Å². The molecule has 1 aromatic rings. The number of hydrogen-bond donors (Lipinski definition) is 1. The average Bonchev–Trinajstić information content (AvgIpc) is 3.14. The minimum atomic E-state index is -0.947. The fourth-order valence-electron chi connectivity index (χ4n) is 3.63. The van der Waals surface area contributed by atoms with Gasteiger partial charge in [-0.05, 0) is 42.5 Å². The van der Waals surface area contributed by atoms with Crippen LogP contribution in [-0.2, 0) is 20.7 Å². The van der Waals surface area contributed by atoms with Crippen LogP contribution in [-0.4, -0.2) is 55.4 Å². The van der Waals surface area contributed by atoms with Crippen LogP contribution in [0.5, 0.6) is 11.5 Å². The molecule has 1 saturated heterocycles. The van der Waals surface area contributed by atoms with E-state index in [-0.39, 0.29) is 12.3 Å². The van der Waals surface area contributed by atoms with Gasteiger partial charge in [0.25, 0.3) is 5.91 Å². The molecule has 1 unspecified atom stereocenters. The highest BCUT2D eigenvalue weighted by molar-refractivity contribution is 5.83. The number of nitrogens with zero attached hydrogens (tertiary/aromatic N) is 1. The second-order valence-electron chi connectivity index (χ2n) is 6.30. The highest BCUT2D eigenvalue weighted by Crippen LogP contribution is 2.40. The quantitative estimate of drug-likeness (QED) is 0.872. The molecule has 2 aliphatic heterocycles. The summed E-state index contributed by atoms with van der Waals surface area (Å²) in [6, 6.07) is 3.13. The smallest absolute Gasteiger partial charge is 0.305 e. The van der Waals surface area contributed by atoms with E-state index in [0.717, 1.165) is 17.5 Å². The summed E-state index contributed by atoms with van der Waals surface area (Å²) in [5.41, 5.74) is 1.79. The number of carbonyl (C=O) groups excluding carboxylic acids is 1. The van der Waals surface area contributed by atoms with Crippen molar-refractivity contribution in [1.29, 1.82) is 0 Å². The van der Waals surface area contributed by atoms with Crippen molar-refractivity contribution >= 4 is 11.9 Å². The zero-order valence-electron chi connectivity index (χ0n) is 14.5. The molecule has 2 heterocycles. The van der Waals surface area contributed by atoms with Crippen molar-refractivity contribution in [2.75, 3.05) is 27.4 Å². The lowest BCUT2D eigenvalue weighted by Gasteiger charge is -2.38. The Morgan fingerprint density at radius 2 is 2.00 bits per heavy atom. The Bertz CT molecular complexity index is 668. The summed E-state index contributed by atoms with van der Waals surface area (Å²) >= 11 is 0. The Labute approximate surface area is 146 Å². The number of aliphatic carboxylic acids is 1. The Balaban J connectivity index is 1.97. The van der Waals surface area contributed by atoms with E-state index in [1.807, 2.05) is 6.07 Å². The number of hydrogen-bond acceptors (Lipinski definition) is 5. The molecule has 2 atom stereocenters. The van der Waals surface area contributed by atoms with Crippen LogP contribution in [0.1, 0.15) is 36.4 Å². The van der Waals surface area contributed by atoms with Crippen molar-refractivity contribution in [3.8, 4) is 11.5 Å². The number of fused-ring (bicyclic) bond motifs is 1. The van der Waals surface area contributed by atoms with E-state index < -0.39 is 18.1 Å². The molecule has 0 aromatic heterocycles. The van der Waals surface area contributed by atoms with E-state index in [0.29, 0.717) is 37.5 Å². The monoisotopic (exact) mass is 349 g/mol. The normalized spacial score (nSPS) is 22.4. The average molecular weight is 349 g/mol. The van der Waals surface area contributed by atoms with Crippen molar-refractivity contribution in [1.82, 2.24) is 4.90 Å². The number of carboxylic acids is 1. The van der Waals surface area contributed by atoms with Crippen LogP contribution in [0.15, 0.2) is 12.1 Å². The molecule has 136 valence electrons. The SMILES string of the molecule is COc1cc2c(cc1OC)C(CC(=O)O)N(C(=O)[C@@H]1CCCO1)CC2. The summed E-state index contributed by atoms with van der Waals surface area (Å²) in [5, 5.41) is 9.36. The molecule has 7 heteroatoms. The first kappa shape index (κ1) is 17.5. The maximum absolute atomic E-state index is 12.8. The van der Waals surface area contributed by atoms with Crippen molar-refractivity contribution in [3.05, 3.63) is 23.3 Å².